The smallest absolute Gasteiger partial charge is 0.338 e. The summed E-state index contributed by atoms with van der Waals surface area (Å²) in [6, 6.07) is 6.77. The van der Waals surface area contributed by atoms with Crippen LogP contribution >= 0.6 is 0 Å². The Morgan fingerprint density at radius 3 is 2.77 bits per heavy atom. The summed E-state index contributed by atoms with van der Waals surface area (Å²) in [6.07, 6.45) is 3.24. The molecule has 0 fully saturated rings. The van der Waals surface area contributed by atoms with E-state index in [4.69, 9.17) is 4.74 Å². The number of ether oxygens (including phenoxy) is 1. The molecule has 0 saturated carbocycles. The molecule has 2 heterocycles. The van der Waals surface area contributed by atoms with E-state index in [1.807, 2.05) is 6.92 Å². The maximum Gasteiger partial charge on any atom is 0.338 e. The van der Waals surface area contributed by atoms with Gasteiger partial charge in [0.05, 0.1) is 5.56 Å². The van der Waals surface area contributed by atoms with E-state index in [1.165, 1.54) is 9.13 Å². The van der Waals surface area contributed by atoms with Crippen LogP contribution in [0.5, 0.6) is 0 Å². The van der Waals surface area contributed by atoms with E-state index in [0.29, 0.717) is 23.7 Å². The van der Waals surface area contributed by atoms with Gasteiger partial charge in [-0.05, 0) is 24.1 Å². The SMILES string of the molecule is CCCCn1c(=O)[nH]c(=O)c2c1nc(COC(=O)c1cccc(CS(C)=O)c1)n2C. The molecule has 0 aliphatic heterocycles. The molecule has 0 amide bonds. The van der Waals surface area contributed by atoms with Gasteiger partial charge in [-0.15, -0.1) is 0 Å². The first-order chi connectivity index (χ1) is 14.3. The van der Waals surface area contributed by atoms with Crippen LogP contribution in [0.15, 0.2) is 33.9 Å². The standard InChI is InChI=1S/C20H24N4O5S/c1-4-5-9-24-17-16(18(25)22-20(24)27)23(2)15(21-17)11-29-19(26)14-8-6-7-13(10-14)12-30(3)28/h6-8,10H,4-5,9,11-12H2,1-3H3,(H,22,25,27). The maximum atomic E-state index is 12.5. The van der Waals surface area contributed by atoms with Gasteiger partial charge in [-0.25, -0.2) is 14.6 Å². The first-order valence-electron chi connectivity index (χ1n) is 9.56. The van der Waals surface area contributed by atoms with Crippen LogP contribution in [0.4, 0.5) is 0 Å². The number of carbonyl (C=O) groups excluding carboxylic acids is 1. The summed E-state index contributed by atoms with van der Waals surface area (Å²) in [4.78, 5) is 43.6. The number of benzene rings is 1. The van der Waals surface area contributed by atoms with Crippen molar-refractivity contribution >= 4 is 27.9 Å². The molecule has 9 nitrogen and oxygen atoms in total. The summed E-state index contributed by atoms with van der Waals surface area (Å²) in [6.45, 7) is 2.28. The highest BCUT2D eigenvalue weighted by Gasteiger charge is 2.18. The lowest BCUT2D eigenvalue weighted by molar-refractivity contribution is 0.0459. The van der Waals surface area contributed by atoms with Crippen LogP contribution in [0.25, 0.3) is 11.2 Å². The number of H-pyrrole nitrogens is 1. The molecule has 1 N–H and O–H groups in total. The predicted octanol–water partition coefficient (Wildman–Crippen LogP) is 1.46. The normalized spacial score (nSPS) is 12.2. The molecular weight excluding hydrogens is 408 g/mol. The van der Waals surface area contributed by atoms with Crippen molar-refractivity contribution in [3.63, 3.8) is 0 Å². The lowest BCUT2D eigenvalue weighted by atomic mass is 10.1. The second kappa shape index (κ2) is 9.21. The Balaban J connectivity index is 1.86. The number of hydrogen-bond donors (Lipinski definition) is 1. The Bertz CT molecular complexity index is 1220. The quantitative estimate of drug-likeness (QED) is 0.539. The van der Waals surface area contributed by atoms with E-state index in [1.54, 1.807) is 37.6 Å². The Kier molecular flexibility index (Phi) is 6.66. The average molecular weight is 433 g/mol. The van der Waals surface area contributed by atoms with Crippen molar-refractivity contribution in [3.05, 3.63) is 62.1 Å². The zero-order valence-electron chi connectivity index (χ0n) is 17.1. The van der Waals surface area contributed by atoms with E-state index in [9.17, 15) is 18.6 Å². The second-order valence-electron chi connectivity index (χ2n) is 7.02. The highest BCUT2D eigenvalue weighted by Crippen LogP contribution is 2.13. The van der Waals surface area contributed by atoms with Crippen molar-refractivity contribution in [2.24, 2.45) is 7.05 Å². The number of imidazole rings is 1. The van der Waals surface area contributed by atoms with Crippen LogP contribution in [0, 0.1) is 0 Å². The van der Waals surface area contributed by atoms with Crippen molar-refractivity contribution in [2.45, 2.75) is 38.7 Å². The zero-order valence-corrected chi connectivity index (χ0v) is 18.0. The molecule has 0 aliphatic rings. The number of nitrogens with zero attached hydrogens (tertiary/aromatic N) is 3. The Hall–Kier alpha value is -3.01. The average Bonchev–Trinajstić information content (AvgIpc) is 3.02. The number of aromatic nitrogens is 4. The molecule has 1 aromatic carbocycles. The van der Waals surface area contributed by atoms with Crippen LogP contribution in [-0.2, 0) is 41.5 Å². The minimum Gasteiger partial charge on any atom is -0.454 e. The van der Waals surface area contributed by atoms with Crippen LogP contribution in [0.2, 0.25) is 0 Å². The third-order valence-electron chi connectivity index (χ3n) is 4.71. The zero-order chi connectivity index (χ0) is 21.8. The van der Waals surface area contributed by atoms with Crippen LogP contribution in [0.1, 0.15) is 41.5 Å². The first-order valence-corrected chi connectivity index (χ1v) is 11.3. The topological polar surface area (TPSA) is 116 Å². The molecule has 0 aliphatic carbocycles. The molecule has 3 aromatic rings. The van der Waals surface area contributed by atoms with E-state index in [2.05, 4.69) is 9.97 Å². The van der Waals surface area contributed by atoms with Gasteiger partial charge < -0.3 is 9.30 Å². The van der Waals surface area contributed by atoms with Crippen LogP contribution in [0.3, 0.4) is 0 Å². The van der Waals surface area contributed by atoms with Gasteiger partial charge >= 0.3 is 11.7 Å². The lowest BCUT2D eigenvalue weighted by Crippen LogP contribution is -2.31. The molecule has 1 atom stereocenters. The number of rotatable bonds is 8. The van der Waals surface area contributed by atoms with Gasteiger partial charge in [0.1, 0.15) is 12.4 Å². The number of carbonyl (C=O) groups is 1. The van der Waals surface area contributed by atoms with Gasteiger partial charge in [0.25, 0.3) is 5.56 Å². The molecule has 0 spiro atoms. The Morgan fingerprint density at radius 2 is 2.07 bits per heavy atom. The molecule has 0 saturated heterocycles. The third kappa shape index (κ3) is 4.59. The molecule has 160 valence electrons. The number of aromatic amines is 1. The monoisotopic (exact) mass is 432 g/mol. The fraction of sp³-hybridized carbons (Fsp3) is 0.400. The molecule has 0 bridgehead atoms. The van der Waals surface area contributed by atoms with Crippen molar-refractivity contribution in [2.75, 3.05) is 6.26 Å². The van der Waals surface area contributed by atoms with Gasteiger partial charge in [0.15, 0.2) is 11.2 Å². The maximum absolute atomic E-state index is 12.5. The predicted molar refractivity (Wildman–Crippen MR) is 114 cm³/mol. The number of nitrogens with one attached hydrogen (secondary N) is 1. The van der Waals surface area contributed by atoms with Gasteiger partial charge in [-0.2, -0.15) is 0 Å². The fourth-order valence-electron chi connectivity index (χ4n) is 3.18. The van der Waals surface area contributed by atoms with E-state index >= 15 is 0 Å². The molecule has 3 rings (SSSR count). The highest BCUT2D eigenvalue weighted by atomic mass is 32.2. The summed E-state index contributed by atoms with van der Waals surface area (Å²) in [5.74, 6) is 0.151. The van der Waals surface area contributed by atoms with Crippen LogP contribution < -0.4 is 11.2 Å². The van der Waals surface area contributed by atoms with E-state index in [-0.39, 0.29) is 17.8 Å². The van der Waals surface area contributed by atoms with Crippen molar-refractivity contribution < 1.29 is 13.7 Å². The first kappa shape index (κ1) is 21.7. The molecule has 1 unspecified atom stereocenters. The fourth-order valence-corrected chi connectivity index (χ4v) is 3.83. The molecule has 30 heavy (non-hydrogen) atoms. The highest BCUT2D eigenvalue weighted by molar-refractivity contribution is 7.83. The van der Waals surface area contributed by atoms with E-state index < -0.39 is 28.0 Å². The number of aryl methyl sites for hydroxylation is 2. The van der Waals surface area contributed by atoms with Crippen molar-refractivity contribution in [1.82, 2.24) is 19.1 Å². The molecular formula is C20H24N4O5S. The summed E-state index contributed by atoms with van der Waals surface area (Å²) >= 11 is 0. The molecule has 0 radical (unpaired) electrons. The summed E-state index contributed by atoms with van der Waals surface area (Å²) in [5.41, 5.74) is 0.611. The van der Waals surface area contributed by atoms with Crippen LogP contribution in [-0.4, -0.2) is 35.5 Å². The largest absolute Gasteiger partial charge is 0.454 e. The van der Waals surface area contributed by atoms with E-state index in [0.717, 1.165) is 18.4 Å². The second-order valence-corrected chi connectivity index (χ2v) is 8.45. The molecule has 2 aromatic heterocycles. The summed E-state index contributed by atoms with van der Waals surface area (Å²) in [7, 11) is 0.620. The summed E-state index contributed by atoms with van der Waals surface area (Å²) in [5, 5.41) is 0. The number of hydrogen-bond acceptors (Lipinski definition) is 6. The minimum atomic E-state index is -1.02. The lowest BCUT2D eigenvalue weighted by Gasteiger charge is -2.06. The molecule has 10 heteroatoms. The Morgan fingerprint density at radius 1 is 1.30 bits per heavy atom. The van der Waals surface area contributed by atoms with Gasteiger partial charge in [-0.1, -0.05) is 25.5 Å². The van der Waals surface area contributed by atoms with Gasteiger partial charge in [0, 0.05) is 36.4 Å². The number of unbranched alkanes of at least 4 members (excludes halogenated alkanes) is 1. The van der Waals surface area contributed by atoms with Gasteiger partial charge in [-0.3, -0.25) is 18.6 Å². The van der Waals surface area contributed by atoms with Crippen molar-refractivity contribution in [1.29, 1.82) is 0 Å². The number of fused-ring (bicyclic) bond motifs is 1. The third-order valence-corrected chi connectivity index (χ3v) is 5.45. The minimum absolute atomic E-state index is 0.157. The van der Waals surface area contributed by atoms with Gasteiger partial charge in [0.2, 0.25) is 0 Å². The number of esters is 1. The summed E-state index contributed by atoms with van der Waals surface area (Å²) < 4.78 is 19.7. The van der Waals surface area contributed by atoms with Crippen molar-refractivity contribution in [3.8, 4) is 0 Å². The Labute approximate surface area is 175 Å².